The minimum absolute atomic E-state index is 0.562. The minimum atomic E-state index is 0.562. The van der Waals surface area contributed by atoms with E-state index in [1.54, 1.807) is 0 Å². The van der Waals surface area contributed by atoms with Crippen LogP contribution in [0.4, 0.5) is 0 Å². The van der Waals surface area contributed by atoms with Crippen molar-refractivity contribution in [3.8, 4) is 34.4 Å². The van der Waals surface area contributed by atoms with Gasteiger partial charge in [-0.3, -0.25) is 0 Å². The molecule has 1 heterocycles. The van der Waals surface area contributed by atoms with Crippen LogP contribution in [0.5, 0.6) is 23.0 Å². The molecule has 0 bridgehead atoms. The number of benzene rings is 3. The first-order valence-corrected chi connectivity index (χ1v) is 11.9. The lowest BCUT2D eigenvalue weighted by atomic mass is 10.1. The summed E-state index contributed by atoms with van der Waals surface area (Å²) >= 11 is 0. The fourth-order valence-corrected chi connectivity index (χ4v) is 4.02. The van der Waals surface area contributed by atoms with Crippen LogP contribution in [-0.4, -0.2) is 36.0 Å². The van der Waals surface area contributed by atoms with E-state index in [0.29, 0.717) is 33.0 Å². The Balaban J connectivity index is 1.79. The standard InChI is InChI=1S/C28H32N2O4/c1-5-31-24-15-13-20(17-26(24)33-7-3)19-30-23-12-10-9-11-22(23)29-28(30)21-14-16-25(32-6-2)27(18-21)34-8-4/h9-18H,5-8,19H2,1-4H3. The largest absolute Gasteiger partial charge is 0.490 e. The topological polar surface area (TPSA) is 54.7 Å². The van der Waals surface area contributed by atoms with Gasteiger partial charge in [0.25, 0.3) is 0 Å². The zero-order chi connectivity index (χ0) is 23.9. The lowest BCUT2D eigenvalue weighted by Gasteiger charge is -2.15. The van der Waals surface area contributed by atoms with Crippen molar-refractivity contribution < 1.29 is 18.9 Å². The van der Waals surface area contributed by atoms with E-state index in [9.17, 15) is 0 Å². The molecular formula is C28H32N2O4. The number of hydrogen-bond acceptors (Lipinski definition) is 5. The van der Waals surface area contributed by atoms with Gasteiger partial charge in [0, 0.05) is 12.1 Å². The van der Waals surface area contributed by atoms with Gasteiger partial charge in [0.2, 0.25) is 0 Å². The van der Waals surface area contributed by atoms with Crippen LogP contribution >= 0.6 is 0 Å². The van der Waals surface area contributed by atoms with Crippen LogP contribution in [0.3, 0.4) is 0 Å². The molecular weight excluding hydrogens is 428 g/mol. The van der Waals surface area contributed by atoms with Crippen molar-refractivity contribution in [2.75, 3.05) is 26.4 Å². The smallest absolute Gasteiger partial charge is 0.161 e. The molecule has 0 spiro atoms. The van der Waals surface area contributed by atoms with Crippen molar-refractivity contribution in [1.82, 2.24) is 9.55 Å². The van der Waals surface area contributed by atoms with Crippen molar-refractivity contribution in [1.29, 1.82) is 0 Å². The molecule has 0 aliphatic rings. The maximum Gasteiger partial charge on any atom is 0.161 e. The molecule has 0 radical (unpaired) electrons. The van der Waals surface area contributed by atoms with E-state index in [4.69, 9.17) is 23.9 Å². The van der Waals surface area contributed by atoms with Crippen molar-refractivity contribution in [3.05, 3.63) is 66.2 Å². The zero-order valence-electron chi connectivity index (χ0n) is 20.3. The summed E-state index contributed by atoms with van der Waals surface area (Å²) in [6.45, 7) is 10.8. The van der Waals surface area contributed by atoms with Crippen molar-refractivity contribution in [2.45, 2.75) is 34.2 Å². The van der Waals surface area contributed by atoms with Crippen LogP contribution in [0, 0.1) is 0 Å². The number of aromatic nitrogens is 2. The molecule has 3 aromatic carbocycles. The van der Waals surface area contributed by atoms with E-state index < -0.39 is 0 Å². The van der Waals surface area contributed by atoms with Gasteiger partial charge in [-0.2, -0.15) is 0 Å². The number of para-hydroxylation sites is 2. The summed E-state index contributed by atoms with van der Waals surface area (Å²) in [4.78, 5) is 4.97. The molecule has 0 atom stereocenters. The Labute approximate surface area is 201 Å². The molecule has 0 N–H and O–H groups in total. The third-order valence-electron chi connectivity index (χ3n) is 5.40. The van der Waals surface area contributed by atoms with Crippen LogP contribution in [0.2, 0.25) is 0 Å². The average molecular weight is 461 g/mol. The summed E-state index contributed by atoms with van der Waals surface area (Å²) in [7, 11) is 0. The van der Waals surface area contributed by atoms with Crippen LogP contribution in [0.1, 0.15) is 33.3 Å². The Morgan fingerprint density at radius 2 is 1.24 bits per heavy atom. The Hall–Kier alpha value is -3.67. The molecule has 6 nitrogen and oxygen atoms in total. The van der Waals surface area contributed by atoms with Crippen molar-refractivity contribution in [2.24, 2.45) is 0 Å². The molecule has 0 aliphatic carbocycles. The van der Waals surface area contributed by atoms with E-state index in [1.807, 2.05) is 70.2 Å². The third-order valence-corrected chi connectivity index (χ3v) is 5.40. The molecule has 1 aromatic heterocycles. The van der Waals surface area contributed by atoms with Gasteiger partial charge in [-0.25, -0.2) is 4.98 Å². The second-order valence-electron chi connectivity index (χ2n) is 7.68. The Bertz CT molecular complexity index is 1250. The lowest BCUT2D eigenvalue weighted by Crippen LogP contribution is -2.05. The van der Waals surface area contributed by atoms with Crippen LogP contribution in [0.25, 0.3) is 22.4 Å². The Morgan fingerprint density at radius 1 is 0.647 bits per heavy atom. The number of rotatable bonds is 11. The highest BCUT2D eigenvalue weighted by Gasteiger charge is 2.16. The molecule has 4 rings (SSSR count). The molecule has 0 fully saturated rings. The molecule has 178 valence electrons. The molecule has 0 saturated heterocycles. The predicted octanol–water partition coefficient (Wildman–Crippen LogP) is 6.35. The first-order valence-electron chi connectivity index (χ1n) is 11.9. The zero-order valence-corrected chi connectivity index (χ0v) is 20.3. The SMILES string of the molecule is CCOc1ccc(Cn2c(-c3ccc(OCC)c(OCC)c3)nc3ccccc32)cc1OCC. The summed E-state index contributed by atoms with van der Waals surface area (Å²) in [5.74, 6) is 3.85. The first kappa shape index (κ1) is 23.5. The Kier molecular flexibility index (Phi) is 7.58. The summed E-state index contributed by atoms with van der Waals surface area (Å²) in [5.41, 5.74) is 4.09. The van der Waals surface area contributed by atoms with Gasteiger partial charge >= 0.3 is 0 Å². The summed E-state index contributed by atoms with van der Waals surface area (Å²) in [6.07, 6.45) is 0. The normalized spacial score (nSPS) is 10.9. The predicted molar refractivity (Wildman–Crippen MR) is 135 cm³/mol. The van der Waals surface area contributed by atoms with Gasteiger partial charge in [0.05, 0.1) is 37.5 Å². The van der Waals surface area contributed by atoms with Crippen LogP contribution in [0.15, 0.2) is 60.7 Å². The van der Waals surface area contributed by atoms with E-state index in [0.717, 1.165) is 51.0 Å². The van der Waals surface area contributed by atoms with E-state index in [-0.39, 0.29) is 0 Å². The average Bonchev–Trinajstić information content (AvgIpc) is 3.21. The number of fused-ring (bicyclic) bond motifs is 1. The van der Waals surface area contributed by atoms with Crippen LogP contribution < -0.4 is 18.9 Å². The highest BCUT2D eigenvalue weighted by atomic mass is 16.5. The summed E-state index contributed by atoms with van der Waals surface area (Å²) in [6, 6.07) is 20.3. The minimum Gasteiger partial charge on any atom is -0.490 e. The van der Waals surface area contributed by atoms with E-state index >= 15 is 0 Å². The van der Waals surface area contributed by atoms with E-state index in [1.165, 1.54) is 0 Å². The van der Waals surface area contributed by atoms with Gasteiger partial charge in [0.15, 0.2) is 23.0 Å². The number of hydrogen-bond donors (Lipinski definition) is 0. The summed E-state index contributed by atoms with van der Waals surface area (Å²) < 4.78 is 25.4. The number of nitrogens with zero attached hydrogens (tertiary/aromatic N) is 2. The van der Waals surface area contributed by atoms with Gasteiger partial charge < -0.3 is 23.5 Å². The second-order valence-corrected chi connectivity index (χ2v) is 7.68. The van der Waals surface area contributed by atoms with Gasteiger partial charge in [0.1, 0.15) is 5.82 Å². The first-order chi connectivity index (χ1) is 16.7. The molecule has 0 amide bonds. The van der Waals surface area contributed by atoms with Crippen LogP contribution in [-0.2, 0) is 6.54 Å². The molecule has 0 aliphatic heterocycles. The van der Waals surface area contributed by atoms with Gasteiger partial charge in [-0.05, 0) is 75.7 Å². The Morgan fingerprint density at radius 3 is 1.91 bits per heavy atom. The van der Waals surface area contributed by atoms with Crippen molar-refractivity contribution >= 4 is 11.0 Å². The highest BCUT2D eigenvalue weighted by molar-refractivity contribution is 5.81. The van der Waals surface area contributed by atoms with Gasteiger partial charge in [-0.15, -0.1) is 0 Å². The van der Waals surface area contributed by atoms with Crippen molar-refractivity contribution in [3.63, 3.8) is 0 Å². The molecule has 0 saturated carbocycles. The summed E-state index contributed by atoms with van der Waals surface area (Å²) in [5, 5.41) is 0. The molecule has 6 heteroatoms. The fraction of sp³-hybridized carbons (Fsp3) is 0.321. The van der Waals surface area contributed by atoms with E-state index in [2.05, 4.69) is 22.8 Å². The molecule has 0 unspecified atom stereocenters. The van der Waals surface area contributed by atoms with Gasteiger partial charge in [-0.1, -0.05) is 18.2 Å². The molecule has 4 aromatic rings. The quantitative estimate of drug-likeness (QED) is 0.261. The fourth-order valence-electron chi connectivity index (χ4n) is 4.02. The number of imidazole rings is 1. The molecule has 34 heavy (non-hydrogen) atoms. The lowest BCUT2D eigenvalue weighted by molar-refractivity contribution is 0.287. The third kappa shape index (κ3) is 4.96. The monoisotopic (exact) mass is 460 g/mol. The second kappa shape index (κ2) is 11.0. The number of ether oxygens (including phenoxy) is 4. The highest BCUT2D eigenvalue weighted by Crippen LogP contribution is 2.35. The maximum absolute atomic E-state index is 5.87. The maximum atomic E-state index is 5.87.